The van der Waals surface area contributed by atoms with Gasteiger partial charge in [0.1, 0.15) is 16.7 Å². The number of hydrogen-bond acceptors (Lipinski definition) is 5. The summed E-state index contributed by atoms with van der Waals surface area (Å²) in [7, 11) is 1.38. The molecule has 1 aliphatic carbocycles. The third kappa shape index (κ3) is 2.88. The molecule has 3 rings (SSSR count). The number of furan rings is 1. The lowest BCUT2D eigenvalue weighted by molar-refractivity contribution is -0.140. The first kappa shape index (κ1) is 14.3. The second kappa shape index (κ2) is 6.02. The standard InChI is InChI=1S/C15H17ClN2O3/c1-20-12(19)8-4-7-11-17-14(16)13-9-5-2-3-6-10(9)21-15(13)18-11/h2-8H2,1H3. The zero-order valence-corrected chi connectivity index (χ0v) is 12.7. The number of carbonyl (C=O) groups is 1. The van der Waals surface area contributed by atoms with Crippen molar-refractivity contribution in [2.45, 2.75) is 44.9 Å². The Morgan fingerprint density at radius 2 is 2.14 bits per heavy atom. The number of fused-ring (bicyclic) bond motifs is 3. The summed E-state index contributed by atoms with van der Waals surface area (Å²) < 4.78 is 10.4. The van der Waals surface area contributed by atoms with Crippen molar-refractivity contribution in [2.75, 3.05) is 7.11 Å². The quantitative estimate of drug-likeness (QED) is 0.641. The summed E-state index contributed by atoms with van der Waals surface area (Å²) in [5, 5.41) is 1.32. The normalized spacial score (nSPS) is 14.2. The van der Waals surface area contributed by atoms with E-state index >= 15 is 0 Å². The van der Waals surface area contributed by atoms with Gasteiger partial charge >= 0.3 is 5.97 Å². The molecule has 0 fully saturated rings. The second-order valence-electron chi connectivity index (χ2n) is 5.25. The number of methoxy groups -OCH3 is 1. The zero-order valence-electron chi connectivity index (χ0n) is 11.9. The highest BCUT2D eigenvalue weighted by Crippen LogP contribution is 2.34. The minimum Gasteiger partial charge on any atom is -0.469 e. The van der Waals surface area contributed by atoms with E-state index in [-0.39, 0.29) is 5.97 Å². The van der Waals surface area contributed by atoms with Gasteiger partial charge in [-0.1, -0.05) is 11.6 Å². The van der Waals surface area contributed by atoms with E-state index in [9.17, 15) is 4.79 Å². The first-order valence-electron chi connectivity index (χ1n) is 7.22. The van der Waals surface area contributed by atoms with Gasteiger partial charge in [0.2, 0.25) is 5.71 Å². The Morgan fingerprint density at radius 1 is 1.33 bits per heavy atom. The Kier molecular flexibility index (Phi) is 4.10. The summed E-state index contributed by atoms with van der Waals surface area (Å²) in [4.78, 5) is 19.9. The number of esters is 1. The van der Waals surface area contributed by atoms with Gasteiger partial charge in [-0.2, -0.15) is 4.98 Å². The van der Waals surface area contributed by atoms with E-state index in [2.05, 4.69) is 14.7 Å². The Morgan fingerprint density at radius 3 is 2.95 bits per heavy atom. The number of halogens is 1. The smallest absolute Gasteiger partial charge is 0.305 e. The minimum atomic E-state index is -0.226. The van der Waals surface area contributed by atoms with E-state index in [0.717, 1.165) is 36.8 Å². The molecule has 5 nitrogen and oxygen atoms in total. The van der Waals surface area contributed by atoms with Gasteiger partial charge in [-0.3, -0.25) is 4.79 Å². The molecule has 6 heteroatoms. The highest BCUT2D eigenvalue weighted by Gasteiger charge is 2.22. The predicted octanol–water partition coefficient (Wildman–Crippen LogP) is 3.25. The molecule has 0 radical (unpaired) electrons. The Bertz CT molecular complexity index is 681. The second-order valence-corrected chi connectivity index (χ2v) is 5.61. The van der Waals surface area contributed by atoms with Crippen LogP contribution in [0.25, 0.3) is 11.1 Å². The first-order chi connectivity index (χ1) is 10.2. The highest BCUT2D eigenvalue weighted by molar-refractivity contribution is 6.34. The lowest BCUT2D eigenvalue weighted by atomic mass is 9.97. The van der Waals surface area contributed by atoms with E-state index < -0.39 is 0 Å². The molecule has 0 atom stereocenters. The van der Waals surface area contributed by atoms with Gasteiger partial charge in [-0.25, -0.2) is 4.98 Å². The van der Waals surface area contributed by atoms with Crippen molar-refractivity contribution in [1.29, 1.82) is 0 Å². The molecule has 0 spiro atoms. The van der Waals surface area contributed by atoms with Crippen molar-refractivity contribution in [2.24, 2.45) is 0 Å². The van der Waals surface area contributed by atoms with Crippen LogP contribution in [-0.4, -0.2) is 23.0 Å². The fraction of sp³-hybridized carbons (Fsp3) is 0.533. The van der Waals surface area contributed by atoms with Gasteiger partial charge in [0, 0.05) is 24.8 Å². The molecular weight excluding hydrogens is 292 g/mol. The van der Waals surface area contributed by atoms with E-state index in [4.69, 9.17) is 16.0 Å². The Balaban J connectivity index is 1.84. The van der Waals surface area contributed by atoms with Crippen LogP contribution in [0.5, 0.6) is 0 Å². The largest absolute Gasteiger partial charge is 0.469 e. The summed E-state index contributed by atoms with van der Waals surface area (Å²) in [6.45, 7) is 0. The van der Waals surface area contributed by atoms with E-state index in [1.165, 1.54) is 12.7 Å². The van der Waals surface area contributed by atoms with Gasteiger partial charge < -0.3 is 9.15 Å². The molecule has 0 N–H and O–H groups in total. The maximum absolute atomic E-state index is 11.1. The van der Waals surface area contributed by atoms with Crippen LogP contribution < -0.4 is 0 Å². The van der Waals surface area contributed by atoms with Gasteiger partial charge in [-0.05, 0) is 25.7 Å². The third-order valence-corrected chi connectivity index (χ3v) is 4.10. The van der Waals surface area contributed by atoms with E-state index in [0.29, 0.717) is 36.0 Å². The van der Waals surface area contributed by atoms with Gasteiger partial charge in [0.15, 0.2) is 0 Å². The zero-order chi connectivity index (χ0) is 14.8. The van der Waals surface area contributed by atoms with Crippen LogP contribution in [0.2, 0.25) is 5.15 Å². The Hall–Kier alpha value is -1.62. The van der Waals surface area contributed by atoms with Crippen molar-refractivity contribution in [3.63, 3.8) is 0 Å². The number of aryl methyl sites for hydroxylation is 3. The average Bonchev–Trinajstić information content (AvgIpc) is 2.85. The number of ether oxygens (including phenoxy) is 1. The molecule has 0 unspecified atom stereocenters. The van der Waals surface area contributed by atoms with Crippen LogP contribution >= 0.6 is 11.6 Å². The molecule has 112 valence electrons. The summed E-state index contributed by atoms with van der Waals surface area (Å²) in [5.41, 5.74) is 1.75. The van der Waals surface area contributed by atoms with Crippen molar-refractivity contribution in [1.82, 2.24) is 9.97 Å². The molecular formula is C15H17ClN2O3. The monoisotopic (exact) mass is 308 g/mol. The van der Waals surface area contributed by atoms with E-state index in [1.807, 2.05) is 0 Å². The third-order valence-electron chi connectivity index (χ3n) is 3.83. The minimum absolute atomic E-state index is 0.226. The van der Waals surface area contributed by atoms with Crippen molar-refractivity contribution < 1.29 is 13.9 Å². The van der Waals surface area contributed by atoms with Crippen LogP contribution in [0.3, 0.4) is 0 Å². The molecule has 2 heterocycles. The van der Waals surface area contributed by atoms with Gasteiger partial charge in [0.05, 0.1) is 12.5 Å². The highest BCUT2D eigenvalue weighted by atomic mass is 35.5. The van der Waals surface area contributed by atoms with E-state index in [1.54, 1.807) is 0 Å². The van der Waals surface area contributed by atoms with Crippen molar-refractivity contribution >= 4 is 28.7 Å². The predicted molar refractivity (Wildman–Crippen MR) is 78.4 cm³/mol. The van der Waals surface area contributed by atoms with Crippen LogP contribution in [0.4, 0.5) is 0 Å². The summed E-state index contributed by atoms with van der Waals surface area (Å²) in [5.74, 6) is 1.39. The fourth-order valence-electron chi connectivity index (χ4n) is 2.76. The molecule has 0 saturated heterocycles. The van der Waals surface area contributed by atoms with Crippen molar-refractivity contribution in [3.05, 3.63) is 22.3 Å². The first-order valence-corrected chi connectivity index (χ1v) is 7.60. The summed E-state index contributed by atoms with van der Waals surface area (Å²) in [6.07, 6.45) is 5.78. The molecule has 1 aliphatic rings. The molecule has 0 aromatic carbocycles. The fourth-order valence-corrected chi connectivity index (χ4v) is 3.05. The number of aromatic nitrogens is 2. The van der Waals surface area contributed by atoms with Gasteiger partial charge in [0.25, 0.3) is 0 Å². The van der Waals surface area contributed by atoms with Gasteiger partial charge in [-0.15, -0.1) is 0 Å². The van der Waals surface area contributed by atoms with Crippen LogP contribution in [0, 0.1) is 0 Å². The topological polar surface area (TPSA) is 65.2 Å². The molecule has 2 aromatic rings. The number of hydrogen-bond donors (Lipinski definition) is 0. The maximum atomic E-state index is 11.1. The Labute approximate surface area is 127 Å². The molecule has 21 heavy (non-hydrogen) atoms. The molecule has 2 aromatic heterocycles. The summed E-state index contributed by atoms with van der Waals surface area (Å²) in [6, 6.07) is 0. The molecule has 0 amide bonds. The average molecular weight is 309 g/mol. The van der Waals surface area contributed by atoms with Crippen LogP contribution in [-0.2, 0) is 28.8 Å². The van der Waals surface area contributed by atoms with Crippen LogP contribution in [0.1, 0.15) is 42.8 Å². The SMILES string of the molecule is COC(=O)CCCc1nc(Cl)c2c3c(oc2n1)CCCC3. The summed E-state index contributed by atoms with van der Waals surface area (Å²) >= 11 is 6.31. The number of nitrogens with zero attached hydrogens (tertiary/aromatic N) is 2. The molecule has 0 saturated carbocycles. The number of carbonyl (C=O) groups excluding carboxylic acids is 1. The maximum Gasteiger partial charge on any atom is 0.305 e. The van der Waals surface area contributed by atoms with Crippen molar-refractivity contribution in [3.8, 4) is 0 Å². The lowest BCUT2D eigenvalue weighted by Gasteiger charge is -2.08. The molecule has 0 bridgehead atoms. The lowest BCUT2D eigenvalue weighted by Crippen LogP contribution is -2.03. The van der Waals surface area contributed by atoms with Crippen LogP contribution in [0.15, 0.2) is 4.42 Å². The number of rotatable bonds is 4. The molecule has 0 aliphatic heterocycles.